The van der Waals surface area contributed by atoms with E-state index in [-0.39, 0.29) is 24.5 Å². The second kappa shape index (κ2) is 6.02. The molecule has 0 fully saturated rings. The van der Waals surface area contributed by atoms with Crippen LogP contribution in [0.15, 0.2) is 36.4 Å². The minimum atomic E-state index is -2.18. The monoisotopic (exact) mass is 301 g/mol. The van der Waals surface area contributed by atoms with E-state index >= 15 is 0 Å². The molecule has 1 heterocycles. The molecule has 1 aliphatic rings. The molecule has 1 aromatic rings. The first-order chi connectivity index (χ1) is 10.5. The molecule has 114 valence electrons. The molecule has 0 saturated carbocycles. The molecule has 0 aliphatic carbocycles. The van der Waals surface area contributed by atoms with E-state index < -0.39 is 17.5 Å². The summed E-state index contributed by atoms with van der Waals surface area (Å²) in [5, 5.41) is 10.8. The largest absolute Gasteiger partial charge is 0.466 e. The summed E-state index contributed by atoms with van der Waals surface area (Å²) >= 11 is 0. The Kier molecular flexibility index (Phi) is 4.31. The van der Waals surface area contributed by atoms with Crippen molar-refractivity contribution >= 4 is 17.6 Å². The van der Waals surface area contributed by atoms with Gasteiger partial charge < -0.3 is 14.6 Å². The molecule has 1 unspecified atom stereocenters. The summed E-state index contributed by atoms with van der Waals surface area (Å²) in [5.74, 6) is 0.688. The van der Waals surface area contributed by atoms with E-state index in [0.717, 1.165) is 7.11 Å². The highest BCUT2D eigenvalue weighted by Crippen LogP contribution is 2.44. The molecule has 2 rings (SSSR count). The van der Waals surface area contributed by atoms with E-state index in [2.05, 4.69) is 17.2 Å². The SMILES string of the molecule is C#CCOCN1C(=O)C(O)(C(=C)C(=O)OC)c2ccccc21. The molecule has 1 N–H and O–H groups in total. The number of hydrogen-bond acceptors (Lipinski definition) is 5. The zero-order valence-corrected chi connectivity index (χ0v) is 12.0. The number of aliphatic hydroxyl groups is 1. The van der Waals surface area contributed by atoms with Crippen molar-refractivity contribution in [1.29, 1.82) is 0 Å². The number of nitrogens with zero attached hydrogens (tertiary/aromatic N) is 1. The summed E-state index contributed by atoms with van der Waals surface area (Å²) in [4.78, 5) is 25.5. The lowest BCUT2D eigenvalue weighted by Crippen LogP contribution is -2.44. The number of fused-ring (bicyclic) bond motifs is 1. The molecular formula is C16H15NO5. The third kappa shape index (κ3) is 2.26. The number of esters is 1. The van der Waals surface area contributed by atoms with Crippen LogP contribution in [0.3, 0.4) is 0 Å². The van der Waals surface area contributed by atoms with Gasteiger partial charge in [-0.3, -0.25) is 9.69 Å². The summed E-state index contributed by atoms with van der Waals surface area (Å²) in [5.41, 5.74) is -1.85. The van der Waals surface area contributed by atoms with Crippen molar-refractivity contribution < 1.29 is 24.2 Å². The molecule has 1 amide bonds. The van der Waals surface area contributed by atoms with E-state index in [4.69, 9.17) is 11.2 Å². The number of para-hydroxylation sites is 1. The molecule has 1 atom stereocenters. The van der Waals surface area contributed by atoms with Gasteiger partial charge in [0.2, 0.25) is 5.60 Å². The number of amides is 1. The number of carbonyl (C=O) groups excluding carboxylic acids is 2. The van der Waals surface area contributed by atoms with Crippen molar-refractivity contribution in [3.05, 3.63) is 42.0 Å². The van der Waals surface area contributed by atoms with Crippen molar-refractivity contribution in [2.45, 2.75) is 5.60 Å². The smallest absolute Gasteiger partial charge is 0.336 e. The zero-order valence-electron chi connectivity index (χ0n) is 12.0. The van der Waals surface area contributed by atoms with Crippen LogP contribution in [0.2, 0.25) is 0 Å². The normalized spacial score (nSPS) is 19.5. The first-order valence-electron chi connectivity index (χ1n) is 6.41. The lowest BCUT2D eigenvalue weighted by atomic mass is 9.88. The van der Waals surface area contributed by atoms with Crippen LogP contribution in [-0.4, -0.2) is 37.4 Å². The van der Waals surface area contributed by atoms with Gasteiger partial charge in [-0.25, -0.2) is 4.79 Å². The lowest BCUT2D eigenvalue weighted by Gasteiger charge is -2.23. The fraction of sp³-hybridized carbons (Fsp3) is 0.250. The van der Waals surface area contributed by atoms with Gasteiger partial charge in [0, 0.05) is 5.56 Å². The predicted molar refractivity (Wildman–Crippen MR) is 78.6 cm³/mol. The van der Waals surface area contributed by atoms with E-state index in [1.807, 2.05) is 0 Å². The maximum atomic E-state index is 12.6. The molecule has 0 radical (unpaired) electrons. The molecule has 0 aromatic heterocycles. The van der Waals surface area contributed by atoms with Gasteiger partial charge in [-0.1, -0.05) is 30.7 Å². The molecule has 22 heavy (non-hydrogen) atoms. The van der Waals surface area contributed by atoms with Gasteiger partial charge in [-0.2, -0.15) is 0 Å². The minimum absolute atomic E-state index is 0.0162. The minimum Gasteiger partial charge on any atom is -0.466 e. The number of ether oxygens (including phenoxy) is 2. The number of carbonyl (C=O) groups is 2. The van der Waals surface area contributed by atoms with Gasteiger partial charge in [0.15, 0.2) is 0 Å². The van der Waals surface area contributed by atoms with Crippen LogP contribution in [0, 0.1) is 12.3 Å². The maximum absolute atomic E-state index is 12.6. The van der Waals surface area contributed by atoms with Crippen LogP contribution in [0.5, 0.6) is 0 Å². The fourth-order valence-corrected chi connectivity index (χ4v) is 2.32. The standard InChI is InChI=1S/C16H15NO5/c1-4-9-22-10-17-13-8-6-5-7-12(13)16(20,15(17)19)11(2)14(18)21-3/h1,5-8,20H,2,9-10H2,3H3. The molecule has 6 nitrogen and oxygen atoms in total. The van der Waals surface area contributed by atoms with Gasteiger partial charge in [0.05, 0.1) is 18.4 Å². The quantitative estimate of drug-likeness (QED) is 0.372. The third-order valence-electron chi connectivity index (χ3n) is 3.41. The Balaban J connectivity index is 2.45. The maximum Gasteiger partial charge on any atom is 0.336 e. The average molecular weight is 301 g/mol. The van der Waals surface area contributed by atoms with Crippen LogP contribution >= 0.6 is 0 Å². The molecule has 6 heteroatoms. The number of terminal acetylenes is 1. The second-order valence-electron chi connectivity index (χ2n) is 4.61. The number of rotatable bonds is 5. The molecule has 0 saturated heterocycles. The van der Waals surface area contributed by atoms with Gasteiger partial charge in [-0.15, -0.1) is 6.42 Å². The van der Waals surface area contributed by atoms with Crippen molar-refractivity contribution in [2.75, 3.05) is 25.3 Å². The summed E-state index contributed by atoms with van der Waals surface area (Å²) in [6.45, 7) is 3.39. The van der Waals surface area contributed by atoms with Crippen molar-refractivity contribution in [3.63, 3.8) is 0 Å². The summed E-state index contributed by atoms with van der Waals surface area (Å²) in [6.07, 6.45) is 5.10. The van der Waals surface area contributed by atoms with E-state index in [1.165, 1.54) is 4.90 Å². The van der Waals surface area contributed by atoms with Crippen molar-refractivity contribution in [1.82, 2.24) is 0 Å². The Morgan fingerprint density at radius 1 is 1.50 bits per heavy atom. The van der Waals surface area contributed by atoms with Crippen LogP contribution in [0.25, 0.3) is 0 Å². The Labute approximate surface area is 127 Å². The zero-order chi connectivity index (χ0) is 16.3. The number of anilines is 1. The fourth-order valence-electron chi connectivity index (χ4n) is 2.32. The molecule has 1 aromatic carbocycles. The average Bonchev–Trinajstić information content (AvgIpc) is 2.76. The number of methoxy groups -OCH3 is 1. The highest BCUT2D eigenvalue weighted by atomic mass is 16.5. The highest BCUT2D eigenvalue weighted by molar-refractivity contribution is 6.13. The summed E-state index contributed by atoms with van der Waals surface area (Å²) in [6, 6.07) is 6.53. The summed E-state index contributed by atoms with van der Waals surface area (Å²) in [7, 11) is 1.15. The van der Waals surface area contributed by atoms with Crippen molar-refractivity contribution in [2.24, 2.45) is 0 Å². The van der Waals surface area contributed by atoms with Crippen LogP contribution < -0.4 is 4.90 Å². The molecule has 0 spiro atoms. The number of hydrogen-bond donors (Lipinski definition) is 1. The first-order valence-corrected chi connectivity index (χ1v) is 6.41. The highest BCUT2D eigenvalue weighted by Gasteiger charge is 2.53. The number of benzene rings is 1. The van der Waals surface area contributed by atoms with Crippen LogP contribution in [0.4, 0.5) is 5.69 Å². The summed E-state index contributed by atoms with van der Waals surface area (Å²) < 4.78 is 9.73. The van der Waals surface area contributed by atoms with Gasteiger partial charge >= 0.3 is 5.97 Å². The van der Waals surface area contributed by atoms with Gasteiger partial charge in [-0.05, 0) is 6.07 Å². The van der Waals surface area contributed by atoms with E-state index in [9.17, 15) is 14.7 Å². The van der Waals surface area contributed by atoms with Gasteiger partial charge in [0.1, 0.15) is 13.3 Å². The van der Waals surface area contributed by atoms with Crippen molar-refractivity contribution in [3.8, 4) is 12.3 Å². The molecule has 1 aliphatic heterocycles. The van der Waals surface area contributed by atoms with E-state index in [1.54, 1.807) is 24.3 Å². The lowest BCUT2D eigenvalue weighted by molar-refractivity contribution is -0.144. The predicted octanol–water partition coefficient (Wildman–Crippen LogP) is 0.557. The Morgan fingerprint density at radius 3 is 2.82 bits per heavy atom. The van der Waals surface area contributed by atoms with E-state index in [0.29, 0.717) is 5.69 Å². The van der Waals surface area contributed by atoms with Crippen LogP contribution in [-0.2, 0) is 24.7 Å². The Morgan fingerprint density at radius 2 is 2.18 bits per heavy atom. The third-order valence-corrected chi connectivity index (χ3v) is 3.41. The molecular weight excluding hydrogens is 286 g/mol. The topological polar surface area (TPSA) is 76.1 Å². The second-order valence-corrected chi connectivity index (χ2v) is 4.61. The van der Waals surface area contributed by atoms with Gasteiger partial charge in [0.25, 0.3) is 5.91 Å². The molecule has 0 bridgehead atoms. The first kappa shape index (κ1) is 15.8. The Bertz CT molecular complexity index is 675. The van der Waals surface area contributed by atoms with Crippen LogP contribution in [0.1, 0.15) is 5.56 Å². The Hall–Kier alpha value is -2.62.